The smallest absolute Gasteiger partial charge is 0.129 e. The first-order valence-electron chi connectivity index (χ1n) is 5.33. The van der Waals surface area contributed by atoms with Crippen LogP contribution in [0.5, 0.6) is 0 Å². The van der Waals surface area contributed by atoms with Gasteiger partial charge in [0, 0.05) is 19.6 Å². The van der Waals surface area contributed by atoms with Crippen molar-refractivity contribution >= 4 is 21.7 Å². The van der Waals surface area contributed by atoms with E-state index in [1.807, 2.05) is 12.1 Å². The lowest BCUT2D eigenvalue weighted by Gasteiger charge is -2.32. The van der Waals surface area contributed by atoms with Gasteiger partial charge in [-0.05, 0) is 47.4 Å². The lowest BCUT2D eigenvalue weighted by molar-refractivity contribution is 0.443. The number of halogens is 1. The summed E-state index contributed by atoms with van der Waals surface area (Å²) in [4.78, 5) is 6.72. The highest BCUT2D eigenvalue weighted by molar-refractivity contribution is 9.10. The summed E-state index contributed by atoms with van der Waals surface area (Å²) < 4.78 is 0.899. The van der Waals surface area contributed by atoms with Gasteiger partial charge in [0.05, 0.1) is 0 Å². The minimum atomic E-state index is 0.570. The summed E-state index contributed by atoms with van der Waals surface area (Å²) >= 11 is 3.40. The standard InChI is InChI=1S/C11H16BrN3/c1-15(9-4-3-7-13-8-9)11-6-2-5-10(12)14-11/h2,5-6,9,13H,3-4,7-8H2,1H3/t9-/m1/s1. The molecule has 82 valence electrons. The maximum absolute atomic E-state index is 4.46. The van der Waals surface area contributed by atoms with Crippen LogP contribution in [0.4, 0.5) is 5.82 Å². The van der Waals surface area contributed by atoms with E-state index in [1.165, 1.54) is 12.8 Å². The zero-order valence-electron chi connectivity index (χ0n) is 8.91. The lowest BCUT2D eigenvalue weighted by Crippen LogP contribution is -2.44. The second kappa shape index (κ2) is 4.94. The van der Waals surface area contributed by atoms with Crippen LogP contribution in [0.1, 0.15) is 12.8 Å². The highest BCUT2D eigenvalue weighted by atomic mass is 79.9. The highest BCUT2D eigenvalue weighted by Gasteiger charge is 2.18. The molecule has 0 aliphatic carbocycles. The quantitative estimate of drug-likeness (QED) is 0.833. The van der Waals surface area contributed by atoms with Gasteiger partial charge in [-0.25, -0.2) is 4.98 Å². The molecule has 1 aromatic rings. The third-order valence-electron chi connectivity index (χ3n) is 2.88. The van der Waals surface area contributed by atoms with Crippen LogP contribution in [0.15, 0.2) is 22.8 Å². The molecule has 3 nitrogen and oxygen atoms in total. The Hall–Kier alpha value is -0.610. The molecule has 0 amide bonds. The van der Waals surface area contributed by atoms with Crippen molar-refractivity contribution in [3.8, 4) is 0 Å². The number of hydrogen-bond donors (Lipinski definition) is 1. The highest BCUT2D eigenvalue weighted by Crippen LogP contribution is 2.18. The van der Waals surface area contributed by atoms with Crippen molar-refractivity contribution in [2.75, 3.05) is 25.0 Å². The molecule has 4 heteroatoms. The van der Waals surface area contributed by atoms with Crippen LogP contribution in [-0.2, 0) is 0 Å². The normalized spacial score (nSPS) is 21.3. The van der Waals surface area contributed by atoms with Crippen LogP contribution < -0.4 is 10.2 Å². The van der Waals surface area contributed by atoms with Gasteiger partial charge in [0.15, 0.2) is 0 Å². The molecule has 1 N–H and O–H groups in total. The van der Waals surface area contributed by atoms with Crippen LogP contribution in [0.2, 0.25) is 0 Å². The fourth-order valence-corrected chi connectivity index (χ4v) is 2.28. The van der Waals surface area contributed by atoms with Gasteiger partial charge in [-0.3, -0.25) is 0 Å². The molecule has 1 atom stereocenters. The molecular formula is C11H16BrN3. The van der Waals surface area contributed by atoms with Gasteiger partial charge >= 0.3 is 0 Å². The van der Waals surface area contributed by atoms with Gasteiger partial charge in [-0.15, -0.1) is 0 Å². The van der Waals surface area contributed by atoms with E-state index in [-0.39, 0.29) is 0 Å². The molecule has 0 aromatic carbocycles. The van der Waals surface area contributed by atoms with Gasteiger partial charge in [-0.1, -0.05) is 6.07 Å². The molecule has 1 aromatic heterocycles. The number of pyridine rings is 1. The summed E-state index contributed by atoms with van der Waals surface area (Å²) in [6.45, 7) is 2.21. The van der Waals surface area contributed by atoms with E-state index in [2.05, 4.69) is 44.2 Å². The molecule has 1 aliphatic rings. The van der Waals surface area contributed by atoms with Crippen molar-refractivity contribution in [1.29, 1.82) is 0 Å². The minimum absolute atomic E-state index is 0.570. The Morgan fingerprint density at radius 1 is 1.53 bits per heavy atom. The van der Waals surface area contributed by atoms with Crippen LogP contribution in [0, 0.1) is 0 Å². The van der Waals surface area contributed by atoms with Crippen molar-refractivity contribution in [2.24, 2.45) is 0 Å². The summed E-state index contributed by atoms with van der Waals surface area (Å²) in [6.07, 6.45) is 2.50. The lowest BCUT2D eigenvalue weighted by atomic mass is 10.1. The zero-order valence-corrected chi connectivity index (χ0v) is 10.5. The minimum Gasteiger partial charge on any atom is -0.355 e. The third-order valence-corrected chi connectivity index (χ3v) is 3.32. The average Bonchev–Trinajstić information content (AvgIpc) is 2.29. The molecule has 2 heterocycles. The molecular weight excluding hydrogens is 254 g/mol. The molecule has 0 unspecified atom stereocenters. The number of aromatic nitrogens is 1. The maximum Gasteiger partial charge on any atom is 0.129 e. The van der Waals surface area contributed by atoms with Crippen LogP contribution in [0.3, 0.4) is 0 Å². The Morgan fingerprint density at radius 2 is 2.40 bits per heavy atom. The first-order chi connectivity index (χ1) is 7.27. The summed E-state index contributed by atoms with van der Waals surface area (Å²) in [5, 5.41) is 3.42. The zero-order chi connectivity index (χ0) is 10.7. The van der Waals surface area contributed by atoms with Crippen molar-refractivity contribution in [2.45, 2.75) is 18.9 Å². The summed E-state index contributed by atoms with van der Waals surface area (Å²) in [7, 11) is 2.12. The molecule has 1 aliphatic heterocycles. The molecule has 0 radical (unpaired) electrons. The molecule has 1 fully saturated rings. The number of likely N-dealkylation sites (N-methyl/N-ethyl adjacent to an activating group) is 1. The first-order valence-corrected chi connectivity index (χ1v) is 6.13. The second-order valence-electron chi connectivity index (χ2n) is 3.93. The van der Waals surface area contributed by atoms with Crippen LogP contribution in [-0.4, -0.2) is 31.2 Å². The second-order valence-corrected chi connectivity index (χ2v) is 4.74. The van der Waals surface area contributed by atoms with E-state index in [1.54, 1.807) is 0 Å². The predicted molar refractivity (Wildman–Crippen MR) is 66.2 cm³/mol. The van der Waals surface area contributed by atoms with Crippen molar-refractivity contribution in [1.82, 2.24) is 10.3 Å². The Morgan fingerprint density at radius 3 is 3.07 bits per heavy atom. The van der Waals surface area contributed by atoms with Crippen molar-refractivity contribution < 1.29 is 0 Å². The van der Waals surface area contributed by atoms with E-state index in [0.29, 0.717) is 6.04 Å². The molecule has 0 saturated carbocycles. The number of nitrogens with zero attached hydrogens (tertiary/aromatic N) is 2. The molecule has 15 heavy (non-hydrogen) atoms. The van der Waals surface area contributed by atoms with Gasteiger partial charge in [-0.2, -0.15) is 0 Å². The van der Waals surface area contributed by atoms with Gasteiger partial charge in [0.2, 0.25) is 0 Å². The number of rotatable bonds is 2. The van der Waals surface area contributed by atoms with Crippen molar-refractivity contribution in [3.05, 3.63) is 22.8 Å². The average molecular weight is 270 g/mol. The molecule has 0 bridgehead atoms. The van der Waals surface area contributed by atoms with E-state index < -0.39 is 0 Å². The number of anilines is 1. The largest absolute Gasteiger partial charge is 0.355 e. The molecule has 2 rings (SSSR count). The third kappa shape index (κ3) is 2.69. The predicted octanol–water partition coefficient (Wildman–Crippen LogP) is 2.03. The fourth-order valence-electron chi connectivity index (χ4n) is 1.95. The Bertz CT molecular complexity index is 323. The summed E-state index contributed by atoms with van der Waals surface area (Å²) in [5.74, 6) is 1.04. The summed E-state index contributed by atoms with van der Waals surface area (Å²) in [5.41, 5.74) is 0. The van der Waals surface area contributed by atoms with Gasteiger partial charge in [0.1, 0.15) is 10.4 Å². The number of piperidine rings is 1. The number of nitrogens with one attached hydrogen (secondary N) is 1. The summed E-state index contributed by atoms with van der Waals surface area (Å²) in [6, 6.07) is 6.61. The van der Waals surface area contributed by atoms with Gasteiger partial charge < -0.3 is 10.2 Å². The van der Waals surface area contributed by atoms with Gasteiger partial charge in [0.25, 0.3) is 0 Å². The number of hydrogen-bond acceptors (Lipinski definition) is 3. The first kappa shape index (κ1) is 10.9. The van der Waals surface area contributed by atoms with E-state index >= 15 is 0 Å². The van der Waals surface area contributed by atoms with Crippen LogP contribution >= 0.6 is 15.9 Å². The van der Waals surface area contributed by atoms with Crippen LogP contribution in [0.25, 0.3) is 0 Å². The topological polar surface area (TPSA) is 28.2 Å². The Balaban J connectivity index is 2.08. The van der Waals surface area contributed by atoms with E-state index in [4.69, 9.17) is 0 Å². The van der Waals surface area contributed by atoms with E-state index in [9.17, 15) is 0 Å². The Kier molecular flexibility index (Phi) is 3.59. The van der Waals surface area contributed by atoms with Crippen molar-refractivity contribution in [3.63, 3.8) is 0 Å². The fraction of sp³-hybridized carbons (Fsp3) is 0.545. The Labute approximate surface area is 99.0 Å². The monoisotopic (exact) mass is 269 g/mol. The SMILES string of the molecule is CN(c1cccc(Br)n1)[C@@H]1CCCNC1. The maximum atomic E-state index is 4.46. The molecule has 0 spiro atoms. The van der Waals surface area contributed by atoms with E-state index in [0.717, 1.165) is 23.5 Å². The molecule has 1 saturated heterocycles.